The van der Waals surface area contributed by atoms with E-state index < -0.39 is 0 Å². The zero-order valence-electron chi connectivity index (χ0n) is 19.3. The monoisotopic (exact) mass is 432 g/mol. The molecule has 1 aliphatic heterocycles. The highest BCUT2D eigenvalue weighted by Crippen LogP contribution is 2.40. The third-order valence-corrected chi connectivity index (χ3v) is 7.85. The zero-order chi connectivity index (χ0) is 21.9. The van der Waals surface area contributed by atoms with E-state index in [-0.39, 0.29) is 12.2 Å². The van der Waals surface area contributed by atoms with Gasteiger partial charge < -0.3 is 4.74 Å². The van der Waals surface area contributed by atoms with Crippen LogP contribution in [0.25, 0.3) is 0 Å². The van der Waals surface area contributed by atoms with E-state index >= 15 is 0 Å². The number of aryl methyl sites for hydroxylation is 1. The van der Waals surface area contributed by atoms with E-state index in [2.05, 4.69) is 54.3 Å². The lowest BCUT2D eigenvalue weighted by molar-refractivity contribution is -0.000172. The number of para-hydroxylation sites is 1. The van der Waals surface area contributed by atoms with Gasteiger partial charge >= 0.3 is 6.09 Å². The summed E-state index contributed by atoms with van der Waals surface area (Å²) in [6, 6.07) is 19.0. The second kappa shape index (κ2) is 9.66. The number of carbonyl (C=O) groups excluding carboxylic acids is 1. The average Bonchev–Trinajstić information content (AvgIpc) is 3.39. The summed E-state index contributed by atoms with van der Waals surface area (Å²) in [5.41, 5.74) is 3.52. The summed E-state index contributed by atoms with van der Waals surface area (Å²) in [6.07, 6.45) is 7.27. The smallest absolute Gasteiger partial charge is 0.414 e. The molecule has 3 aliphatic rings. The molecule has 4 heteroatoms. The number of nitrogens with zero attached hydrogens (tertiary/aromatic N) is 2. The topological polar surface area (TPSA) is 32.8 Å². The van der Waals surface area contributed by atoms with Crippen LogP contribution in [-0.2, 0) is 11.3 Å². The Kier molecular flexibility index (Phi) is 6.49. The fourth-order valence-electron chi connectivity index (χ4n) is 6.20. The molecular formula is C28H36N2O2. The molecule has 2 unspecified atom stereocenters. The van der Waals surface area contributed by atoms with Crippen molar-refractivity contribution in [2.75, 3.05) is 24.5 Å². The van der Waals surface area contributed by atoms with Crippen molar-refractivity contribution < 1.29 is 9.53 Å². The number of likely N-dealkylation sites (tertiary alicyclic amines) is 1. The second-order valence-electron chi connectivity index (χ2n) is 10.2. The Hall–Kier alpha value is -2.33. The Morgan fingerprint density at radius 1 is 0.938 bits per heavy atom. The van der Waals surface area contributed by atoms with Gasteiger partial charge in [-0.3, -0.25) is 9.80 Å². The lowest BCUT2D eigenvalue weighted by atomic mass is 9.94. The first-order valence-corrected chi connectivity index (χ1v) is 12.5. The molecule has 4 nitrogen and oxygen atoms in total. The molecule has 1 saturated heterocycles. The first kappa shape index (κ1) is 21.5. The van der Waals surface area contributed by atoms with Crippen LogP contribution >= 0.6 is 0 Å². The minimum absolute atomic E-state index is 0.0598. The average molecular weight is 433 g/mol. The molecule has 0 N–H and O–H groups in total. The Balaban J connectivity index is 1.27. The maximum absolute atomic E-state index is 13.5. The minimum Gasteiger partial charge on any atom is -0.445 e. The number of rotatable bonds is 6. The van der Waals surface area contributed by atoms with Crippen molar-refractivity contribution in [1.82, 2.24) is 4.90 Å². The van der Waals surface area contributed by atoms with Crippen LogP contribution in [-0.4, -0.2) is 36.7 Å². The van der Waals surface area contributed by atoms with Gasteiger partial charge in [0.25, 0.3) is 0 Å². The van der Waals surface area contributed by atoms with Crippen molar-refractivity contribution in [1.29, 1.82) is 0 Å². The molecule has 5 rings (SSSR count). The lowest BCUT2D eigenvalue weighted by Crippen LogP contribution is -2.48. The largest absolute Gasteiger partial charge is 0.445 e. The molecule has 2 aromatic carbocycles. The minimum atomic E-state index is -0.135. The van der Waals surface area contributed by atoms with E-state index in [4.69, 9.17) is 4.74 Å². The van der Waals surface area contributed by atoms with Crippen LogP contribution in [0.2, 0.25) is 0 Å². The molecular weight excluding hydrogens is 396 g/mol. The van der Waals surface area contributed by atoms with E-state index in [0.717, 1.165) is 37.4 Å². The van der Waals surface area contributed by atoms with Gasteiger partial charge in [-0.1, -0.05) is 61.4 Å². The number of benzene rings is 2. The summed E-state index contributed by atoms with van der Waals surface area (Å²) >= 11 is 0. The number of anilines is 1. The van der Waals surface area contributed by atoms with Gasteiger partial charge in [0.05, 0.1) is 0 Å². The lowest BCUT2D eigenvalue weighted by Gasteiger charge is -2.38. The van der Waals surface area contributed by atoms with Crippen LogP contribution in [0.1, 0.15) is 49.7 Å². The van der Waals surface area contributed by atoms with Crippen molar-refractivity contribution in [3.8, 4) is 0 Å². The summed E-state index contributed by atoms with van der Waals surface area (Å²) in [5, 5.41) is 0. The summed E-state index contributed by atoms with van der Waals surface area (Å²) in [6.45, 7) is 5.92. The molecule has 2 saturated carbocycles. The van der Waals surface area contributed by atoms with Crippen LogP contribution < -0.4 is 4.90 Å². The van der Waals surface area contributed by atoms with Crippen LogP contribution in [0.3, 0.4) is 0 Å². The molecule has 3 fully saturated rings. The highest BCUT2D eigenvalue weighted by atomic mass is 16.6. The van der Waals surface area contributed by atoms with Gasteiger partial charge in [-0.25, -0.2) is 4.79 Å². The van der Waals surface area contributed by atoms with Crippen LogP contribution in [0.5, 0.6) is 0 Å². The van der Waals surface area contributed by atoms with Gasteiger partial charge in [-0.2, -0.15) is 0 Å². The van der Waals surface area contributed by atoms with Crippen molar-refractivity contribution in [2.45, 2.75) is 58.1 Å². The van der Waals surface area contributed by atoms with Crippen molar-refractivity contribution in [3.63, 3.8) is 0 Å². The molecule has 0 aromatic heterocycles. The molecule has 2 atom stereocenters. The molecule has 2 aliphatic carbocycles. The van der Waals surface area contributed by atoms with Gasteiger partial charge in [0.1, 0.15) is 6.10 Å². The number of hydrogen-bond acceptors (Lipinski definition) is 3. The van der Waals surface area contributed by atoms with Gasteiger partial charge in [-0.05, 0) is 55.7 Å². The highest BCUT2D eigenvalue weighted by molar-refractivity contribution is 5.88. The molecule has 32 heavy (non-hydrogen) atoms. The Labute approximate surface area is 192 Å². The number of amides is 1. The second-order valence-corrected chi connectivity index (χ2v) is 10.2. The first-order chi connectivity index (χ1) is 15.7. The maximum atomic E-state index is 13.5. The molecule has 0 spiro atoms. The number of ether oxygens (including phenoxy) is 1. The molecule has 2 aromatic rings. The molecule has 170 valence electrons. The SMILES string of the molecule is Cc1ccccc1N(CC1CCCC1)C(=O)OC1C2CCC1CN(Cc1ccccc1)C2. The quantitative estimate of drug-likeness (QED) is 0.558. The van der Waals surface area contributed by atoms with Crippen LogP contribution in [0.4, 0.5) is 10.5 Å². The van der Waals surface area contributed by atoms with Crippen molar-refractivity contribution in [2.24, 2.45) is 17.8 Å². The third-order valence-electron chi connectivity index (χ3n) is 7.85. The predicted octanol–water partition coefficient (Wildman–Crippen LogP) is 6.04. The highest BCUT2D eigenvalue weighted by Gasteiger charge is 2.45. The van der Waals surface area contributed by atoms with Crippen molar-refractivity contribution >= 4 is 11.8 Å². The summed E-state index contributed by atoms with van der Waals surface area (Å²) in [4.78, 5) is 18.0. The first-order valence-electron chi connectivity index (χ1n) is 12.5. The van der Waals surface area contributed by atoms with E-state index in [1.807, 2.05) is 17.0 Å². The summed E-state index contributed by atoms with van der Waals surface area (Å²) in [7, 11) is 0. The Morgan fingerprint density at radius 3 is 2.28 bits per heavy atom. The van der Waals surface area contributed by atoms with Crippen LogP contribution in [0.15, 0.2) is 54.6 Å². The van der Waals surface area contributed by atoms with Gasteiger partial charge in [-0.15, -0.1) is 0 Å². The van der Waals surface area contributed by atoms with Gasteiger partial charge in [0, 0.05) is 43.7 Å². The molecule has 0 radical (unpaired) electrons. The fourth-order valence-corrected chi connectivity index (χ4v) is 6.20. The third kappa shape index (κ3) is 4.71. The number of hydrogen-bond donors (Lipinski definition) is 0. The molecule has 2 bridgehead atoms. The van der Waals surface area contributed by atoms with Crippen LogP contribution in [0, 0.1) is 24.7 Å². The van der Waals surface area contributed by atoms with E-state index in [9.17, 15) is 4.79 Å². The van der Waals surface area contributed by atoms with Gasteiger partial charge in [0.2, 0.25) is 0 Å². The van der Waals surface area contributed by atoms with Crippen molar-refractivity contribution in [3.05, 3.63) is 65.7 Å². The number of piperidine rings is 1. The maximum Gasteiger partial charge on any atom is 0.414 e. The molecule has 1 heterocycles. The number of fused-ring (bicyclic) bond motifs is 2. The molecule has 1 amide bonds. The summed E-state index contributed by atoms with van der Waals surface area (Å²) < 4.78 is 6.32. The van der Waals surface area contributed by atoms with Gasteiger partial charge in [0.15, 0.2) is 0 Å². The Bertz CT molecular complexity index is 895. The Morgan fingerprint density at radius 2 is 1.59 bits per heavy atom. The van der Waals surface area contributed by atoms with E-state index in [0.29, 0.717) is 17.8 Å². The van der Waals surface area contributed by atoms with E-state index in [1.165, 1.54) is 44.1 Å². The zero-order valence-corrected chi connectivity index (χ0v) is 19.3. The van der Waals surface area contributed by atoms with E-state index in [1.54, 1.807) is 0 Å². The normalized spacial score (nSPS) is 25.7. The fraction of sp³-hybridized carbons (Fsp3) is 0.536. The number of carbonyl (C=O) groups is 1. The summed E-state index contributed by atoms with van der Waals surface area (Å²) in [5.74, 6) is 1.49. The predicted molar refractivity (Wildman–Crippen MR) is 129 cm³/mol. The standard InChI is InChI=1S/C28H36N2O2/c1-21-9-5-8-14-26(21)30(18-23-12-6-7-13-23)28(31)32-27-24-15-16-25(27)20-29(19-24)17-22-10-3-2-4-11-22/h2-5,8-11,14,23-25,27H,6-7,12-13,15-20H2,1H3.